The monoisotopic (exact) mass is 506 g/mol. The molecule has 186 valence electrons. The first-order valence-corrected chi connectivity index (χ1v) is 11.8. The van der Waals surface area contributed by atoms with Crippen molar-refractivity contribution in [2.45, 2.75) is 13.0 Å². The van der Waals surface area contributed by atoms with Gasteiger partial charge >= 0.3 is 0 Å². The third kappa shape index (κ3) is 4.62. The molecular weight excluding hydrogens is 480 g/mol. The highest BCUT2D eigenvalue weighted by atomic mass is 35.5. The lowest BCUT2D eigenvalue weighted by molar-refractivity contribution is -0.132. The Labute approximate surface area is 215 Å². The van der Waals surface area contributed by atoms with Crippen molar-refractivity contribution in [2.24, 2.45) is 0 Å². The molecule has 0 spiro atoms. The van der Waals surface area contributed by atoms with Crippen LogP contribution in [0.5, 0.6) is 11.5 Å². The Balaban J connectivity index is 1.92. The average Bonchev–Trinajstić information content (AvgIpc) is 3.14. The van der Waals surface area contributed by atoms with Crippen LogP contribution in [0.25, 0.3) is 5.76 Å². The molecule has 1 unspecified atom stereocenters. The zero-order chi connectivity index (χ0) is 26.0. The molecule has 0 aromatic heterocycles. The summed E-state index contributed by atoms with van der Waals surface area (Å²) >= 11 is 6.19. The zero-order valence-electron chi connectivity index (χ0n) is 20.5. The van der Waals surface area contributed by atoms with Gasteiger partial charge in [0, 0.05) is 30.5 Å². The number of aliphatic hydroxyl groups is 1. The number of aliphatic hydroxyl groups excluding tert-OH is 1. The second-order valence-electron chi connectivity index (χ2n) is 8.43. The van der Waals surface area contributed by atoms with Crippen LogP contribution < -0.4 is 19.3 Å². The summed E-state index contributed by atoms with van der Waals surface area (Å²) in [5.41, 5.74) is 2.29. The Bertz CT molecular complexity index is 1320. The van der Waals surface area contributed by atoms with Crippen molar-refractivity contribution in [3.8, 4) is 11.5 Å². The van der Waals surface area contributed by atoms with Gasteiger partial charge in [0.1, 0.15) is 17.3 Å². The van der Waals surface area contributed by atoms with E-state index in [1.807, 2.05) is 50.2 Å². The number of methoxy groups -OCH3 is 1. The average molecular weight is 507 g/mol. The maximum absolute atomic E-state index is 13.4. The predicted molar refractivity (Wildman–Crippen MR) is 141 cm³/mol. The van der Waals surface area contributed by atoms with E-state index in [0.717, 1.165) is 5.69 Å². The first-order valence-electron chi connectivity index (χ1n) is 11.4. The highest BCUT2D eigenvalue weighted by Gasteiger charge is 2.47. The summed E-state index contributed by atoms with van der Waals surface area (Å²) in [5, 5.41) is 11.8. The number of hydrogen-bond donors (Lipinski definition) is 1. The first-order chi connectivity index (χ1) is 17.3. The van der Waals surface area contributed by atoms with Crippen LogP contribution in [-0.2, 0) is 9.59 Å². The van der Waals surface area contributed by atoms with Gasteiger partial charge in [0.25, 0.3) is 11.7 Å². The first kappa shape index (κ1) is 25.1. The fourth-order valence-electron chi connectivity index (χ4n) is 4.25. The summed E-state index contributed by atoms with van der Waals surface area (Å²) in [4.78, 5) is 30.1. The summed E-state index contributed by atoms with van der Waals surface area (Å²) in [6, 6.07) is 18.2. The lowest BCUT2D eigenvalue weighted by atomic mass is 9.94. The molecule has 7 nitrogen and oxygen atoms in total. The Morgan fingerprint density at radius 2 is 1.69 bits per heavy atom. The Hall–Kier alpha value is -3.97. The van der Waals surface area contributed by atoms with Gasteiger partial charge in [-0.05, 0) is 67.1 Å². The maximum atomic E-state index is 13.4. The number of benzene rings is 3. The van der Waals surface area contributed by atoms with E-state index in [9.17, 15) is 14.7 Å². The second kappa shape index (κ2) is 10.3. The molecule has 8 heteroatoms. The van der Waals surface area contributed by atoms with Crippen molar-refractivity contribution in [1.82, 2.24) is 0 Å². The van der Waals surface area contributed by atoms with Gasteiger partial charge in [0.15, 0.2) is 0 Å². The van der Waals surface area contributed by atoms with E-state index < -0.39 is 17.7 Å². The molecule has 0 bridgehead atoms. The summed E-state index contributed by atoms with van der Waals surface area (Å²) < 4.78 is 10.9. The van der Waals surface area contributed by atoms with E-state index in [1.165, 1.54) is 18.1 Å². The highest BCUT2D eigenvalue weighted by Crippen LogP contribution is 2.44. The van der Waals surface area contributed by atoms with Crippen molar-refractivity contribution < 1.29 is 24.2 Å². The molecule has 3 aromatic rings. The van der Waals surface area contributed by atoms with E-state index in [4.69, 9.17) is 21.1 Å². The van der Waals surface area contributed by atoms with Crippen LogP contribution in [0.3, 0.4) is 0 Å². The number of ketones is 1. The second-order valence-corrected chi connectivity index (χ2v) is 8.86. The maximum Gasteiger partial charge on any atom is 0.300 e. The van der Waals surface area contributed by atoms with Gasteiger partial charge in [-0.1, -0.05) is 23.7 Å². The number of carbonyl (C=O) groups is 2. The van der Waals surface area contributed by atoms with Crippen molar-refractivity contribution in [3.63, 3.8) is 0 Å². The number of nitrogens with zero attached hydrogens (tertiary/aromatic N) is 2. The standard InChI is InChI=1S/C28H27ClN2O5/c1-5-36-21-13-11-20(12-14-21)31-25(17-6-9-19(10-7-17)30(2)3)24(27(33)28(31)34)26(32)22-16-18(29)8-15-23(22)35-4/h6-16,25,32H,5H2,1-4H3/b26-24+. The summed E-state index contributed by atoms with van der Waals surface area (Å²) in [5.74, 6) is -0.935. The number of hydrogen-bond acceptors (Lipinski definition) is 6. The number of Topliss-reactive ketones (excluding diaryl/α,β-unsaturated/α-hetero) is 1. The van der Waals surface area contributed by atoms with Gasteiger partial charge < -0.3 is 19.5 Å². The van der Waals surface area contributed by atoms with Crippen molar-refractivity contribution in [1.29, 1.82) is 0 Å². The normalized spacial score (nSPS) is 16.8. The van der Waals surface area contributed by atoms with Gasteiger partial charge in [0.2, 0.25) is 0 Å². The number of anilines is 2. The molecule has 36 heavy (non-hydrogen) atoms. The highest BCUT2D eigenvalue weighted by molar-refractivity contribution is 6.51. The van der Waals surface area contributed by atoms with Crippen LogP contribution in [0.4, 0.5) is 11.4 Å². The molecule has 0 saturated carbocycles. The van der Waals surface area contributed by atoms with Gasteiger partial charge in [0.05, 0.1) is 30.9 Å². The number of amides is 1. The smallest absolute Gasteiger partial charge is 0.300 e. The fraction of sp³-hybridized carbons (Fsp3) is 0.214. The summed E-state index contributed by atoms with van der Waals surface area (Å²) in [6.07, 6.45) is 0. The Morgan fingerprint density at radius 3 is 2.28 bits per heavy atom. The van der Waals surface area contributed by atoms with Crippen molar-refractivity contribution >= 4 is 40.4 Å². The van der Waals surface area contributed by atoms with E-state index in [0.29, 0.717) is 34.4 Å². The van der Waals surface area contributed by atoms with Crippen LogP contribution in [-0.4, -0.2) is 44.6 Å². The van der Waals surface area contributed by atoms with Crippen LogP contribution in [0.15, 0.2) is 72.3 Å². The zero-order valence-corrected chi connectivity index (χ0v) is 21.2. The third-order valence-corrected chi connectivity index (χ3v) is 6.25. The molecule has 1 fully saturated rings. The minimum atomic E-state index is -0.872. The van der Waals surface area contributed by atoms with E-state index in [-0.39, 0.29) is 16.9 Å². The summed E-state index contributed by atoms with van der Waals surface area (Å²) in [7, 11) is 5.30. The molecule has 1 heterocycles. The van der Waals surface area contributed by atoms with E-state index in [2.05, 4.69) is 0 Å². The molecule has 0 radical (unpaired) electrons. The van der Waals surface area contributed by atoms with Gasteiger partial charge in [-0.15, -0.1) is 0 Å². The van der Waals surface area contributed by atoms with Crippen LogP contribution in [0.2, 0.25) is 5.02 Å². The lowest BCUT2D eigenvalue weighted by Gasteiger charge is -2.26. The number of rotatable bonds is 7. The number of ether oxygens (including phenoxy) is 2. The largest absolute Gasteiger partial charge is 0.507 e. The van der Waals surface area contributed by atoms with Gasteiger partial charge in [-0.2, -0.15) is 0 Å². The number of halogens is 1. The topological polar surface area (TPSA) is 79.3 Å². The molecular formula is C28H27ClN2O5. The molecule has 1 aliphatic rings. The van der Waals surface area contributed by atoms with E-state index in [1.54, 1.807) is 36.4 Å². The van der Waals surface area contributed by atoms with Gasteiger partial charge in [-0.3, -0.25) is 14.5 Å². The minimum Gasteiger partial charge on any atom is -0.507 e. The third-order valence-electron chi connectivity index (χ3n) is 6.01. The molecule has 0 aliphatic carbocycles. The summed E-state index contributed by atoms with van der Waals surface area (Å²) in [6.45, 7) is 2.39. The Morgan fingerprint density at radius 1 is 1.03 bits per heavy atom. The van der Waals surface area contributed by atoms with Crippen LogP contribution >= 0.6 is 11.6 Å². The molecule has 1 N–H and O–H groups in total. The SMILES string of the molecule is CCOc1ccc(N2C(=O)C(=O)/C(=C(/O)c3cc(Cl)ccc3OC)C2c2ccc(N(C)C)cc2)cc1. The minimum absolute atomic E-state index is 0.0490. The van der Waals surface area contributed by atoms with Crippen LogP contribution in [0.1, 0.15) is 24.1 Å². The van der Waals surface area contributed by atoms with Crippen molar-refractivity contribution in [3.05, 3.63) is 88.5 Å². The quantitative estimate of drug-likeness (QED) is 0.261. The molecule has 1 aliphatic heterocycles. The molecule has 1 atom stereocenters. The van der Waals surface area contributed by atoms with E-state index >= 15 is 0 Å². The van der Waals surface area contributed by atoms with Crippen LogP contribution in [0, 0.1) is 0 Å². The molecule has 3 aromatic carbocycles. The van der Waals surface area contributed by atoms with Crippen molar-refractivity contribution in [2.75, 3.05) is 37.6 Å². The lowest BCUT2D eigenvalue weighted by Crippen LogP contribution is -2.29. The molecule has 1 amide bonds. The molecule has 4 rings (SSSR count). The Kier molecular flexibility index (Phi) is 7.22. The predicted octanol–water partition coefficient (Wildman–Crippen LogP) is 5.44. The molecule has 1 saturated heterocycles. The van der Waals surface area contributed by atoms with Gasteiger partial charge in [-0.25, -0.2) is 0 Å². The fourth-order valence-corrected chi connectivity index (χ4v) is 4.42. The number of carbonyl (C=O) groups excluding carboxylic acids is 2.